The first-order valence-corrected chi connectivity index (χ1v) is 4.80. The molecule has 13 heavy (non-hydrogen) atoms. The summed E-state index contributed by atoms with van der Waals surface area (Å²) in [5.74, 6) is 0.224. The quantitative estimate of drug-likeness (QED) is 0.726. The van der Waals surface area contributed by atoms with Gasteiger partial charge in [-0.05, 0) is 12.3 Å². The van der Waals surface area contributed by atoms with E-state index in [2.05, 4.69) is 0 Å². The summed E-state index contributed by atoms with van der Waals surface area (Å²) in [5.41, 5.74) is -0.513. The third kappa shape index (κ3) is 1.60. The minimum Gasteiger partial charge on any atom is -0.388 e. The van der Waals surface area contributed by atoms with Crippen LogP contribution >= 0.6 is 0 Å². The molecule has 1 fully saturated rings. The Morgan fingerprint density at radius 1 is 1.77 bits per heavy atom. The van der Waals surface area contributed by atoms with E-state index in [1.807, 2.05) is 20.8 Å². The summed E-state index contributed by atoms with van der Waals surface area (Å²) in [6, 6.07) is 0. The van der Waals surface area contributed by atoms with Gasteiger partial charge in [0.2, 0.25) is 0 Å². The number of ether oxygens (including phenoxy) is 2. The fourth-order valence-electron chi connectivity index (χ4n) is 2.12. The molecule has 0 aromatic carbocycles. The lowest BCUT2D eigenvalue weighted by atomic mass is 9.82. The molecule has 1 aliphatic rings. The van der Waals surface area contributed by atoms with E-state index in [0.29, 0.717) is 0 Å². The summed E-state index contributed by atoms with van der Waals surface area (Å²) in [6.45, 7) is 5.17. The minimum absolute atomic E-state index is 0.224. The van der Waals surface area contributed by atoms with Gasteiger partial charge in [0.15, 0.2) is 0 Å². The van der Waals surface area contributed by atoms with Crippen molar-refractivity contribution in [3.63, 3.8) is 0 Å². The zero-order valence-corrected chi connectivity index (χ0v) is 8.78. The molecule has 3 heteroatoms. The van der Waals surface area contributed by atoms with E-state index in [1.165, 1.54) is 0 Å². The second-order valence-corrected chi connectivity index (χ2v) is 3.86. The SMILES string of the molecule is [3H][C@@H]1O[C@@](CC)(C(C)C)[C@@H](OC)[C@@H]1O. The summed E-state index contributed by atoms with van der Waals surface area (Å²) >= 11 is 0. The Morgan fingerprint density at radius 2 is 2.38 bits per heavy atom. The average molecular weight is 190 g/mol. The number of aliphatic hydroxyl groups excluding tert-OH is 1. The van der Waals surface area contributed by atoms with Crippen molar-refractivity contribution in [1.29, 1.82) is 0 Å². The summed E-state index contributed by atoms with van der Waals surface area (Å²) in [6.07, 6.45) is -0.493. The highest BCUT2D eigenvalue weighted by atomic mass is 16.6. The molecule has 3 nitrogen and oxygen atoms in total. The number of methoxy groups -OCH3 is 1. The summed E-state index contributed by atoms with van der Waals surface area (Å²) in [7, 11) is 1.56. The molecule has 0 radical (unpaired) electrons. The van der Waals surface area contributed by atoms with Crippen LogP contribution in [0.4, 0.5) is 0 Å². The zero-order valence-electron chi connectivity index (χ0n) is 9.78. The van der Waals surface area contributed by atoms with Crippen molar-refractivity contribution in [3.8, 4) is 0 Å². The molecule has 0 aliphatic carbocycles. The van der Waals surface area contributed by atoms with Crippen LogP contribution in [0.15, 0.2) is 0 Å². The second-order valence-electron chi connectivity index (χ2n) is 3.86. The largest absolute Gasteiger partial charge is 0.388 e. The van der Waals surface area contributed by atoms with Crippen LogP contribution < -0.4 is 0 Å². The van der Waals surface area contributed by atoms with Crippen LogP contribution in [0, 0.1) is 5.92 Å². The van der Waals surface area contributed by atoms with Crippen LogP contribution in [0.25, 0.3) is 0 Å². The second kappa shape index (κ2) is 3.95. The summed E-state index contributed by atoms with van der Waals surface area (Å²) in [4.78, 5) is 0. The Bertz CT molecular complexity index is 198. The first-order valence-electron chi connectivity index (χ1n) is 5.38. The molecule has 0 saturated carbocycles. The molecule has 1 N–H and O–H groups in total. The number of hydrogen-bond acceptors (Lipinski definition) is 3. The normalized spacial score (nSPS) is 46.9. The minimum atomic E-state index is -0.887. The molecule has 1 heterocycles. The van der Waals surface area contributed by atoms with Crippen LogP contribution in [0.5, 0.6) is 0 Å². The fraction of sp³-hybridized carbons (Fsp3) is 1.00. The lowest BCUT2D eigenvalue weighted by Crippen LogP contribution is -2.48. The van der Waals surface area contributed by atoms with Crippen LogP contribution in [0.2, 0.25) is 0 Å². The van der Waals surface area contributed by atoms with Crippen LogP contribution in [-0.4, -0.2) is 36.6 Å². The highest BCUT2D eigenvalue weighted by molar-refractivity contribution is 4.99. The van der Waals surface area contributed by atoms with Crippen molar-refractivity contribution in [3.05, 3.63) is 0 Å². The van der Waals surface area contributed by atoms with Gasteiger partial charge in [0, 0.05) is 7.11 Å². The van der Waals surface area contributed by atoms with Gasteiger partial charge >= 0.3 is 0 Å². The molecule has 0 aromatic heterocycles. The summed E-state index contributed by atoms with van der Waals surface area (Å²) in [5, 5.41) is 9.74. The summed E-state index contributed by atoms with van der Waals surface area (Å²) < 4.78 is 18.4. The Balaban J connectivity index is 2.95. The smallest absolute Gasteiger partial charge is 0.114 e. The van der Waals surface area contributed by atoms with E-state index in [4.69, 9.17) is 10.8 Å². The zero-order chi connectivity index (χ0) is 10.9. The third-order valence-electron chi connectivity index (χ3n) is 3.00. The first kappa shape index (κ1) is 9.44. The first-order chi connectivity index (χ1) is 6.49. The molecule has 0 aromatic rings. The maximum atomic E-state index is 9.74. The van der Waals surface area contributed by atoms with Gasteiger partial charge in [-0.25, -0.2) is 0 Å². The van der Waals surface area contributed by atoms with Gasteiger partial charge in [0.25, 0.3) is 0 Å². The van der Waals surface area contributed by atoms with Crippen LogP contribution in [0.3, 0.4) is 0 Å². The molecule has 0 amide bonds. The Kier molecular flexibility index (Phi) is 2.86. The van der Waals surface area contributed by atoms with Crippen molar-refractivity contribution in [1.82, 2.24) is 0 Å². The van der Waals surface area contributed by atoms with Crippen molar-refractivity contribution in [2.45, 2.75) is 45.0 Å². The monoisotopic (exact) mass is 190 g/mol. The van der Waals surface area contributed by atoms with Gasteiger partial charge < -0.3 is 14.6 Å². The highest BCUT2D eigenvalue weighted by Crippen LogP contribution is 2.37. The standard InChI is InChI=1S/C10H20O3/c1-5-10(7(2)3)9(12-4)8(11)6-13-10/h7-9,11H,5-6H2,1-4H3/t8-,9+,10+/m1/s1/i6T/t6-,8+,9-,10-/m0. The molecule has 0 unspecified atom stereocenters. The Morgan fingerprint density at radius 3 is 2.69 bits per heavy atom. The van der Waals surface area contributed by atoms with Crippen LogP contribution in [-0.2, 0) is 9.47 Å². The molecule has 0 spiro atoms. The van der Waals surface area contributed by atoms with E-state index in [0.717, 1.165) is 6.42 Å². The van der Waals surface area contributed by atoms with Gasteiger partial charge in [-0.15, -0.1) is 0 Å². The molecule has 4 atom stereocenters. The van der Waals surface area contributed by atoms with E-state index in [-0.39, 0.29) is 5.92 Å². The number of aliphatic hydroxyl groups is 1. The van der Waals surface area contributed by atoms with Crippen molar-refractivity contribution < 1.29 is 16.0 Å². The van der Waals surface area contributed by atoms with Gasteiger partial charge in [0.1, 0.15) is 12.2 Å². The van der Waals surface area contributed by atoms with Gasteiger partial charge in [-0.2, -0.15) is 0 Å². The predicted octanol–water partition coefficient (Wildman–Crippen LogP) is 1.20. The van der Waals surface area contributed by atoms with Gasteiger partial charge in [-0.3, -0.25) is 0 Å². The Labute approximate surface area is 81.4 Å². The molecular weight excluding hydrogens is 168 g/mol. The lowest BCUT2D eigenvalue weighted by Gasteiger charge is -2.36. The molecule has 78 valence electrons. The molecular formula is C10H20O3. The lowest BCUT2D eigenvalue weighted by molar-refractivity contribution is -0.111. The topological polar surface area (TPSA) is 38.7 Å². The van der Waals surface area contributed by atoms with E-state index in [1.54, 1.807) is 7.11 Å². The maximum absolute atomic E-state index is 9.74. The molecule has 1 aliphatic heterocycles. The van der Waals surface area contributed by atoms with Crippen molar-refractivity contribution in [2.75, 3.05) is 13.7 Å². The maximum Gasteiger partial charge on any atom is 0.114 e. The molecule has 0 bridgehead atoms. The fourth-order valence-corrected chi connectivity index (χ4v) is 2.12. The van der Waals surface area contributed by atoms with Crippen molar-refractivity contribution >= 4 is 0 Å². The predicted molar refractivity (Wildman–Crippen MR) is 50.6 cm³/mol. The van der Waals surface area contributed by atoms with Gasteiger partial charge in [-0.1, -0.05) is 20.8 Å². The van der Waals surface area contributed by atoms with E-state index < -0.39 is 24.4 Å². The number of hydrogen-bond donors (Lipinski definition) is 1. The number of rotatable bonds is 3. The van der Waals surface area contributed by atoms with Crippen LogP contribution in [0.1, 0.15) is 28.6 Å². The van der Waals surface area contributed by atoms with E-state index >= 15 is 0 Å². The molecule has 1 saturated heterocycles. The van der Waals surface area contributed by atoms with Crippen molar-refractivity contribution in [2.24, 2.45) is 5.92 Å². The van der Waals surface area contributed by atoms with E-state index in [9.17, 15) is 5.11 Å². The third-order valence-corrected chi connectivity index (χ3v) is 3.00. The van der Waals surface area contributed by atoms with Gasteiger partial charge in [0.05, 0.1) is 13.6 Å². The average Bonchev–Trinajstić information content (AvgIpc) is 2.40. The highest BCUT2D eigenvalue weighted by Gasteiger charge is 2.50. The Hall–Kier alpha value is -0.120. The molecule has 1 rings (SSSR count).